The first-order chi connectivity index (χ1) is 15.1. The molecular weight excluding hydrogens is 415 g/mol. The molecule has 0 atom stereocenters. The molecule has 1 saturated heterocycles. The number of carbonyl (C=O) groups is 1. The number of rotatable bonds is 7. The van der Waals surface area contributed by atoms with Crippen LogP contribution in [0.2, 0.25) is 0 Å². The van der Waals surface area contributed by atoms with Crippen LogP contribution in [0.25, 0.3) is 6.08 Å². The number of carbonyl (C=O) groups excluding carboxylic acids is 1. The van der Waals surface area contributed by atoms with Gasteiger partial charge in [-0.15, -0.1) is 0 Å². The summed E-state index contributed by atoms with van der Waals surface area (Å²) in [4.78, 5) is 12.2. The average molecular weight is 443 g/mol. The smallest absolute Gasteiger partial charge is 0.445 e. The van der Waals surface area contributed by atoms with Crippen molar-refractivity contribution >= 4 is 19.3 Å². The van der Waals surface area contributed by atoms with E-state index in [2.05, 4.69) is 5.32 Å². The first kappa shape index (κ1) is 23.9. The third-order valence-electron chi connectivity index (χ3n) is 5.75. The Kier molecular flexibility index (Phi) is 7.36. The summed E-state index contributed by atoms with van der Waals surface area (Å²) in [6.45, 7) is 8.00. The van der Waals surface area contributed by atoms with Crippen LogP contribution in [0, 0.1) is 0 Å². The second-order valence-corrected chi connectivity index (χ2v) is 8.69. The van der Waals surface area contributed by atoms with Crippen LogP contribution >= 0.6 is 0 Å². The number of hydrogen-bond acceptors (Lipinski definition) is 4. The molecule has 1 N–H and O–H groups in total. The van der Waals surface area contributed by atoms with Crippen LogP contribution in [-0.4, -0.2) is 31.0 Å². The molecule has 0 saturated carbocycles. The molecule has 0 aliphatic carbocycles. The Bertz CT molecular complexity index is 930. The van der Waals surface area contributed by atoms with Crippen molar-refractivity contribution in [1.29, 1.82) is 0 Å². The molecule has 0 unspecified atom stereocenters. The minimum Gasteiger partial charge on any atom is -0.445 e. The number of halogens is 2. The van der Waals surface area contributed by atoms with Crippen LogP contribution in [0.4, 0.5) is 13.6 Å². The number of amides is 1. The highest BCUT2D eigenvalue weighted by Crippen LogP contribution is 2.38. The molecule has 1 fully saturated rings. The van der Waals surface area contributed by atoms with Crippen molar-refractivity contribution in [3.63, 3.8) is 0 Å². The van der Waals surface area contributed by atoms with Crippen molar-refractivity contribution in [1.82, 2.24) is 5.32 Å². The zero-order valence-electron chi connectivity index (χ0n) is 18.7. The van der Waals surface area contributed by atoms with Crippen molar-refractivity contribution in [3.05, 3.63) is 76.8 Å². The molecule has 2 aromatic carbocycles. The zero-order valence-corrected chi connectivity index (χ0v) is 18.7. The first-order valence-electron chi connectivity index (χ1n) is 10.5. The summed E-state index contributed by atoms with van der Waals surface area (Å²) in [5.41, 5.74) is 1.03. The molecule has 1 heterocycles. The van der Waals surface area contributed by atoms with E-state index in [-0.39, 0.29) is 18.7 Å². The molecular formula is C24H28BF2NO4. The summed E-state index contributed by atoms with van der Waals surface area (Å²) in [5, 5.41) is 2.73. The van der Waals surface area contributed by atoms with E-state index >= 15 is 0 Å². The minimum atomic E-state index is -2.53. The van der Waals surface area contributed by atoms with Gasteiger partial charge in [-0.3, -0.25) is 0 Å². The maximum absolute atomic E-state index is 12.9. The van der Waals surface area contributed by atoms with E-state index in [4.69, 9.17) is 14.0 Å². The van der Waals surface area contributed by atoms with Gasteiger partial charge in [-0.1, -0.05) is 60.7 Å². The Balaban J connectivity index is 1.72. The zero-order chi connectivity index (χ0) is 23.4. The van der Waals surface area contributed by atoms with Crippen LogP contribution in [0.1, 0.15) is 50.8 Å². The van der Waals surface area contributed by atoms with E-state index in [0.717, 1.165) is 5.56 Å². The fourth-order valence-corrected chi connectivity index (χ4v) is 3.10. The minimum absolute atomic E-state index is 0.0538. The lowest BCUT2D eigenvalue weighted by molar-refractivity contribution is 0.00578. The van der Waals surface area contributed by atoms with E-state index in [1.165, 1.54) is 12.1 Å². The number of alkyl halides is 2. The molecule has 32 heavy (non-hydrogen) atoms. The van der Waals surface area contributed by atoms with Gasteiger partial charge in [-0.25, -0.2) is 13.6 Å². The Morgan fingerprint density at radius 3 is 2.19 bits per heavy atom. The summed E-state index contributed by atoms with van der Waals surface area (Å²) in [6.07, 6.45) is -1.34. The summed E-state index contributed by atoms with van der Waals surface area (Å²) in [5.74, 6) is 0. The van der Waals surface area contributed by atoms with Gasteiger partial charge < -0.3 is 19.4 Å². The second kappa shape index (κ2) is 9.84. The third kappa shape index (κ3) is 5.96. The van der Waals surface area contributed by atoms with Crippen LogP contribution in [-0.2, 0) is 20.7 Å². The number of benzene rings is 2. The molecule has 0 aromatic heterocycles. The van der Waals surface area contributed by atoms with E-state index in [1.807, 2.05) is 58.0 Å². The maximum atomic E-state index is 12.9. The Morgan fingerprint density at radius 1 is 1.03 bits per heavy atom. The normalized spacial score (nSPS) is 17.5. The van der Waals surface area contributed by atoms with Crippen molar-refractivity contribution in [2.75, 3.05) is 6.54 Å². The summed E-state index contributed by atoms with van der Waals surface area (Å²) < 4.78 is 43.2. The van der Waals surface area contributed by atoms with Gasteiger partial charge in [0.05, 0.1) is 11.2 Å². The Labute approximate surface area is 187 Å². The molecule has 8 heteroatoms. The fraction of sp³-hybridized carbons (Fsp3) is 0.375. The lowest BCUT2D eigenvalue weighted by Crippen LogP contribution is -2.41. The van der Waals surface area contributed by atoms with Crippen molar-refractivity contribution in [2.24, 2.45) is 0 Å². The number of hydrogen-bond donors (Lipinski definition) is 1. The lowest BCUT2D eigenvalue weighted by atomic mass is 9.77. The highest BCUT2D eigenvalue weighted by atomic mass is 19.3. The monoisotopic (exact) mass is 443 g/mol. The van der Waals surface area contributed by atoms with Crippen LogP contribution in [0.15, 0.2) is 60.1 Å². The van der Waals surface area contributed by atoms with Gasteiger partial charge in [0.25, 0.3) is 6.43 Å². The largest absolute Gasteiger partial charge is 0.492 e. The van der Waals surface area contributed by atoms with Gasteiger partial charge in [0.2, 0.25) is 0 Å². The van der Waals surface area contributed by atoms with Crippen molar-refractivity contribution in [2.45, 2.75) is 51.9 Å². The summed E-state index contributed by atoms with van der Waals surface area (Å²) in [6, 6.07) is 15.3. The number of nitrogens with one attached hydrogen (secondary N) is 1. The van der Waals surface area contributed by atoms with Gasteiger partial charge in [0.1, 0.15) is 6.61 Å². The van der Waals surface area contributed by atoms with Crippen molar-refractivity contribution < 1.29 is 27.6 Å². The topological polar surface area (TPSA) is 56.8 Å². The van der Waals surface area contributed by atoms with Gasteiger partial charge >= 0.3 is 13.2 Å². The highest BCUT2D eigenvalue weighted by molar-refractivity contribution is 6.56. The molecule has 3 rings (SSSR count). The van der Waals surface area contributed by atoms with Gasteiger partial charge in [0.15, 0.2) is 0 Å². The van der Waals surface area contributed by atoms with E-state index < -0.39 is 30.8 Å². The molecule has 2 aromatic rings. The van der Waals surface area contributed by atoms with Crippen LogP contribution in [0.5, 0.6) is 0 Å². The lowest BCUT2D eigenvalue weighted by Gasteiger charge is -2.32. The van der Waals surface area contributed by atoms with Gasteiger partial charge in [0, 0.05) is 12.1 Å². The van der Waals surface area contributed by atoms with Crippen LogP contribution < -0.4 is 5.32 Å². The number of ether oxygens (including phenoxy) is 1. The van der Waals surface area contributed by atoms with Crippen LogP contribution in [0.3, 0.4) is 0 Å². The predicted octanol–water partition coefficient (Wildman–Crippen LogP) is 5.57. The van der Waals surface area contributed by atoms with E-state index in [1.54, 1.807) is 18.2 Å². The molecule has 0 spiro atoms. The molecule has 0 radical (unpaired) electrons. The molecule has 1 amide bonds. The van der Waals surface area contributed by atoms with E-state index in [0.29, 0.717) is 11.0 Å². The Morgan fingerprint density at radius 2 is 1.62 bits per heavy atom. The summed E-state index contributed by atoms with van der Waals surface area (Å²) in [7, 11) is -0.704. The third-order valence-corrected chi connectivity index (χ3v) is 5.75. The SMILES string of the molecule is CC1(C)OB(C(=Cc2ccc(C(F)F)cc2)CNC(=O)OCc2ccccc2)OC1(C)C. The maximum Gasteiger partial charge on any atom is 0.492 e. The standard InChI is InChI=1S/C24H28BF2NO4/c1-23(2)24(3,4)32-25(31-23)20(14-17-10-12-19(13-11-17)21(26)27)15-28-22(29)30-16-18-8-6-5-7-9-18/h5-14,21H,15-16H2,1-4H3,(H,28,29). The second-order valence-electron chi connectivity index (χ2n) is 8.69. The first-order valence-corrected chi connectivity index (χ1v) is 10.5. The van der Waals surface area contributed by atoms with Gasteiger partial charge in [-0.2, -0.15) is 0 Å². The molecule has 0 bridgehead atoms. The Hall–Kier alpha value is -2.71. The highest BCUT2D eigenvalue weighted by Gasteiger charge is 2.52. The quantitative estimate of drug-likeness (QED) is 0.569. The van der Waals surface area contributed by atoms with Gasteiger partial charge in [-0.05, 0) is 44.3 Å². The summed E-state index contributed by atoms with van der Waals surface area (Å²) >= 11 is 0. The average Bonchev–Trinajstić information content (AvgIpc) is 2.97. The predicted molar refractivity (Wildman–Crippen MR) is 120 cm³/mol. The molecule has 170 valence electrons. The van der Waals surface area contributed by atoms with E-state index in [9.17, 15) is 13.6 Å². The molecule has 1 aliphatic rings. The number of alkyl carbamates (subject to hydrolysis) is 1. The molecule has 1 aliphatic heterocycles. The fourth-order valence-electron chi connectivity index (χ4n) is 3.10. The van der Waals surface area contributed by atoms with Crippen molar-refractivity contribution in [3.8, 4) is 0 Å². The molecule has 5 nitrogen and oxygen atoms in total.